The Hall–Kier alpha value is -1.56. The quantitative estimate of drug-likeness (QED) is 0.402. The molecule has 1 saturated heterocycles. The van der Waals surface area contributed by atoms with Crippen LogP contribution in [0.25, 0.3) is 0 Å². The molecule has 0 amide bonds. The predicted octanol–water partition coefficient (Wildman–Crippen LogP) is 3.21. The molecule has 3 aliphatic rings. The molecule has 2 unspecified atom stereocenters. The third kappa shape index (κ3) is 4.63. The number of aromatic nitrogens is 2. The zero-order chi connectivity index (χ0) is 28.0. The number of nitrogens with one attached hydrogen (secondary N) is 2. The maximum Gasteiger partial charge on any atom is 0.332 e. The van der Waals surface area contributed by atoms with Gasteiger partial charge in [0.05, 0.1) is 17.7 Å². The van der Waals surface area contributed by atoms with Crippen LogP contribution in [0.15, 0.2) is 26.8 Å². The van der Waals surface area contributed by atoms with Gasteiger partial charge in [-0.15, -0.1) is 0 Å². The lowest BCUT2D eigenvalue weighted by Gasteiger charge is -2.43. The minimum absolute atomic E-state index is 0.0341. The maximum absolute atomic E-state index is 13.1. The molecule has 4 atom stereocenters. The van der Waals surface area contributed by atoms with Gasteiger partial charge in [0.2, 0.25) is 0 Å². The van der Waals surface area contributed by atoms with Crippen LogP contribution in [0.2, 0.25) is 36.3 Å². The average Bonchev–Trinajstić information content (AvgIpc) is 3.07. The minimum atomic E-state index is -4.14. The summed E-state index contributed by atoms with van der Waals surface area (Å²) >= 11 is 0. The Morgan fingerprint density at radius 1 is 1.05 bits per heavy atom. The normalized spacial score (nSPS) is 29.2. The molecule has 11 nitrogen and oxygen atoms in total. The van der Waals surface area contributed by atoms with Gasteiger partial charge in [-0.25, -0.2) is 13.5 Å². The van der Waals surface area contributed by atoms with E-state index in [0.717, 1.165) is 5.41 Å². The Labute approximate surface area is 219 Å². The van der Waals surface area contributed by atoms with Crippen molar-refractivity contribution in [3.05, 3.63) is 38.0 Å². The number of H-pyrrole nitrogens is 1. The van der Waals surface area contributed by atoms with E-state index in [2.05, 4.69) is 64.9 Å². The summed E-state index contributed by atoms with van der Waals surface area (Å²) in [7, 11) is -8.98. The van der Waals surface area contributed by atoms with E-state index in [1.54, 1.807) is 0 Å². The van der Waals surface area contributed by atoms with Gasteiger partial charge < -0.3 is 18.9 Å². The van der Waals surface area contributed by atoms with Crippen molar-refractivity contribution in [1.82, 2.24) is 9.55 Å². The van der Waals surface area contributed by atoms with Gasteiger partial charge in [-0.1, -0.05) is 41.5 Å². The highest BCUT2D eigenvalue weighted by Crippen LogP contribution is 2.54. The smallest absolute Gasteiger partial charge is 0.332 e. The highest BCUT2D eigenvalue weighted by atomic mass is 32.2. The molecule has 4 heterocycles. The van der Waals surface area contributed by atoms with Gasteiger partial charge in [0.15, 0.2) is 28.5 Å². The van der Waals surface area contributed by atoms with E-state index in [1.807, 2.05) is 13.1 Å². The largest absolute Gasteiger partial charge is 0.414 e. The maximum atomic E-state index is 13.1. The zero-order valence-electron chi connectivity index (χ0n) is 23.2. The summed E-state index contributed by atoms with van der Waals surface area (Å²) < 4.78 is 52.8. The first kappa shape index (κ1) is 28.5. The monoisotopic (exact) mass is 573 g/mol. The molecule has 1 aromatic heterocycles. The van der Waals surface area contributed by atoms with Crippen molar-refractivity contribution in [2.24, 2.45) is 0 Å². The molecule has 208 valence electrons. The summed E-state index contributed by atoms with van der Waals surface area (Å²) in [6.45, 7) is 20.8. The third-order valence-electron chi connectivity index (χ3n) is 8.52. The van der Waals surface area contributed by atoms with Crippen LogP contribution >= 0.6 is 0 Å². The van der Waals surface area contributed by atoms with Crippen LogP contribution in [0.5, 0.6) is 0 Å². The second-order valence-corrected chi connectivity index (χ2v) is 24.1. The van der Waals surface area contributed by atoms with Crippen LogP contribution in [0.3, 0.4) is 0 Å². The Morgan fingerprint density at radius 3 is 2.22 bits per heavy atom. The molecule has 1 aromatic rings. The standard InChI is InChI=1S/C23H39N3O8SSi2/c1-21(2,3)36(7,8)31-12-15-23-14(13-35(29,30)34-23)24-16-11-17(27)25-20(28)26(16)19(32-15)18(23)33-37(9,10)22(4,5)6/h11,13,15,18-19,24H,12H2,1-10H3,(H,25,27,28)/t15?,18-,19+,23?/m0/s1. The second kappa shape index (κ2) is 8.47. The van der Waals surface area contributed by atoms with E-state index in [0.29, 0.717) is 0 Å². The molecule has 14 heteroatoms. The summed E-state index contributed by atoms with van der Waals surface area (Å²) in [5.74, 6) is 0.0974. The molecule has 0 saturated carbocycles. The summed E-state index contributed by atoms with van der Waals surface area (Å²) in [6.07, 6.45) is -3.00. The van der Waals surface area contributed by atoms with Crippen LogP contribution in [-0.2, 0) is 27.9 Å². The number of aromatic amines is 1. The molecule has 2 bridgehead atoms. The lowest BCUT2D eigenvalue weighted by Crippen LogP contribution is -2.58. The van der Waals surface area contributed by atoms with Crippen LogP contribution in [0, 0.1) is 0 Å². The molecule has 0 radical (unpaired) electrons. The Balaban J connectivity index is 1.92. The van der Waals surface area contributed by atoms with Crippen molar-refractivity contribution in [1.29, 1.82) is 0 Å². The fraction of sp³-hybridized carbons (Fsp3) is 0.739. The highest BCUT2D eigenvalue weighted by molar-refractivity contribution is 7.90. The van der Waals surface area contributed by atoms with E-state index in [1.165, 1.54) is 10.6 Å². The Kier molecular flexibility index (Phi) is 6.51. The molecule has 0 aromatic carbocycles. The molecular weight excluding hydrogens is 535 g/mol. The van der Waals surface area contributed by atoms with Crippen LogP contribution in [0.4, 0.5) is 5.82 Å². The third-order valence-corrected chi connectivity index (χ3v) is 18.5. The molecule has 37 heavy (non-hydrogen) atoms. The van der Waals surface area contributed by atoms with Gasteiger partial charge in [-0.05, 0) is 36.3 Å². The first-order valence-electron chi connectivity index (χ1n) is 12.4. The minimum Gasteiger partial charge on any atom is -0.414 e. The van der Waals surface area contributed by atoms with Crippen LogP contribution in [-0.4, -0.2) is 59.0 Å². The number of hydrogen-bond donors (Lipinski definition) is 2. The number of fused-ring (bicyclic) bond motifs is 3. The average molecular weight is 574 g/mol. The lowest BCUT2D eigenvalue weighted by atomic mass is 9.89. The first-order valence-corrected chi connectivity index (χ1v) is 19.7. The zero-order valence-corrected chi connectivity index (χ0v) is 26.0. The fourth-order valence-corrected chi connectivity index (χ4v) is 7.82. The van der Waals surface area contributed by atoms with E-state index in [4.69, 9.17) is 17.8 Å². The van der Waals surface area contributed by atoms with E-state index < -0.39 is 62.0 Å². The predicted molar refractivity (Wildman–Crippen MR) is 145 cm³/mol. The summed E-state index contributed by atoms with van der Waals surface area (Å²) in [5.41, 5.74) is -2.81. The topological polar surface area (TPSA) is 138 Å². The molecule has 1 spiro atoms. The van der Waals surface area contributed by atoms with E-state index in [9.17, 15) is 18.0 Å². The summed E-state index contributed by atoms with van der Waals surface area (Å²) in [5, 5.41) is 3.65. The molecule has 0 aliphatic carbocycles. The summed E-state index contributed by atoms with van der Waals surface area (Å²) in [6, 6.07) is 1.19. The fourth-order valence-electron chi connectivity index (χ4n) is 4.28. The van der Waals surface area contributed by atoms with Crippen molar-refractivity contribution in [2.75, 3.05) is 11.9 Å². The number of ether oxygens (including phenoxy) is 1. The van der Waals surface area contributed by atoms with Crippen molar-refractivity contribution in [3.63, 3.8) is 0 Å². The van der Waals surface area contributed by atoms with Crippen molar-refractivity contribution in [2.45, 2.75) is 102 Å². The number of anilines is 1. The molecule has 2 N–H and O–H groups in total. The van der Waals surface area contributed by atoms with Gasteiger partial charge >= 0.3 is 5.69 Å². The molecule has 1 fully saturated rings. The SMILES string of the molecule is CC(C)(C)[Si](C)(C)OCC1O[C@@H]2[C@H](O[Si](C)(C)C(C)(C)C)C13OS(=O)(=O)C=C3Nc1cc(=O)[nH]c(=O)n12. The van der Waals surface area contributed by atoms with Gasteiger partial charge in [0, 0.05) is 6.07 Å². The Bertz CT molecular complexity index is 1350. The van der Waals surface area contributed by atoms with Gasteiger partial charge in [0.1, 0.15) is 18.0 Å². The molecular formula is C23H39N3O8SSi2. The van der Waals surface area contributed by atoms with E-state index in [-0.39, 0.29) is 28.2 Å². The lowest BCUT2D eigenvalue weighted by molar-refractivity contribution is -0.0571. The molecule has 4 rings (SSSR count). The van der Waals surface area contributed by atoms with Crippen molar-refractivity contribution >= 4 is 32.6 Å². The number of nitrogens with zero attached hydrogens (tertiary/aromatic N) is 1. The van der Waals surface area contributed by atoms with Gasteiger partial charge in [-0.3, -0.25) is 9.78 Å². The van der Waals surface area contributed by atoms with E-state index >= 15 is 0 Å². The van der Waals surface area contributed by atoms with Gasteiger partial charge in [-0.2, -0.15) is 8.42 Å². The number of rotatable bonds is 5. The van der Waals surface area contributed by atoms with Crippen LogP contribution in [0.1, 0.15) is 47.8 Å². The number of hydrogen-bond acceptors (Lipinski definition) is 9. The Morgan fingerprint density at radius 2 is 1.65 bits per heavy atom. The van der Waals surface area contributed by atoms with Crippen molar-refractivity contribution < 1.29 is 26.2 Å². The highest BCUT2D eigenvalue weighted by Gasteiger charge is 2.69. The van der Waals surface area contributed by atoms with Crippen LogP contribution < -0.4 is 16.6 Å². The van der Waals surface area contributed by atoms with Crippen molar-refractivity contribution in [3.8, 4) is 0 Å². The second-order valence-electron chi connectivity index (χ2n) is 13.1. The van der Waals surface area contributed by atoms with Gasteiger partial charge in [0.25, 0.3) is 15.7 Å². The summed E-state index contributed by atoms with van der Waals surface area (Å²) in [4.78, 5) is 27.5. The first-order chi connectivity index (χ1) is 16.6. The molecule has 3 aliphatic heterocycles.